The highest BCUT2D eigenvalue weighted by atomic mass is 19.4. The van der Waals surface area contributed by atoms with E-state index in [-0.39, 0.29) is 23.4 Å². The van der Waals surface area contributed by atoms with Crippen LogP contribution in [0.2, 0.25) is 0 Å². The molecule has 0 aliphatic heterocycles. The Morgan fingerprint density at radius 1 is 1.19 bits per heavy atom. The van der Waals surface area contributed by atoms with Crippen molar-refractivity contribution in [1.29, 1.82) is 0 Å². The summed E-state index contributed by atoms with van der Waals surface area (Å²) in [7, 11) is 3.10. The molecule has 10 heteroatoms. The van der Waals surface area contributed by atoms with Crippen molar-refractivity contribution in [3.63, 3.8) is 0 Å². The summed E-state index contributed by atoms with van der Waals surface area (Å²) in [5.74, 6) is -0.316. The first-order chi connectivity index (χ1) is 15.2. The van der Waals surface area contributed by atoms with Crippen molar-refractivity contribution >= 4 is 28.4 Å². The van der Waals surface area contributed by atoms with Gasteiger partial charge >= 0.3 is 12.1 Å². The first kappa shape index (κ1) is 23.2. The van der Waals surface area contributed by atoms with E-state index in [1.54, 1.807) is 44.4 Å². The summed E-state index contributed by atoms with van der Waals surface area (Å²) in [4.78, 5) is 17.1. The maximum atomic E-state index is 12.9. The lowest BCUT2D eigenvalue weighted by Crippen LogP contribution is -2.20. The molecule has 3 rings (SSSR count). The van der Waals surface area contributed by atoms with Crippen LogP contribution in [0.25, 0.3) is 11.0 Å². The lowest BCUT2D eigenvalue weighted by molar-refractivity contribution is -0.153. The molecule has 0 fully saturated rings. The number of nitrogens with one attached hydrogen (secondary N) is 1. The fraction of sp³-hybridized carbons (Fsp3) is 0.364. The van der Waals surface area contributed by atoms with Crippen LogP contribution in [0.15, 0.2) is 30.3 Å². The SMILES string of the molecule is CCOC(=O)c1c(OCC(F)(F)F)c2cc(Nc3ccc(OC)cc3)c(CC)nc2n1C. The summed E-state index contributed by atoms with van der Waals surface area (Å²) in [6, 6.07) is 8.80. The molecule has 0 saturated heterocycles. The normalized spacial score (nSPS) is 11.5. The molecule has 0 aliphatic rings. The van der Waals surface area contributed by atoms with Crippen molar-refractivity contribution < 1.29 is 32.2 Å². The number of benzene rings is 1. The minimum Gasteiger partial charge on any atom is -0.497 e. The van der Waals surface area contributed by atoms with E-state index in [4.69, 9.17) is 14.2 Å². The van der Waals surface area contributed by atoms with Crippen molar-refractivity contribution in [3.05, 3.63) is 41.7 Å². The van der Waals surface area contributed by atoms with Crippen LogP contribution in [0.4, 0.5) is 24.5 Å². The van der Waals surface area contributed by atoms with Gasteiger partial charge in [0, 0.05) is 12.7 Å². The molecule has 2 aromatic heterocycles. The Morgan fingerprint density at radius 3 is 2.44 bits per heavy atom. The van der Waals surface area contributed by atoms with Gasteiger partial charge < -0.3 is 24.1 Å². The highest BCUT2D eigenvalue weighted by Gasteiger charge is 2.32. The van der Waals surface area contributed by atoms with E-state index in [9.17, 15) is 18.0 Å². The molecule has 0 bridgehead atoms. The molecule has 0 aliphatic carbocycles. The number of aromatic nitrogens is 2. The van der Waals surface area contributed by atoms with Gasteiger partial charge in [-0.05, 0) is 43.7 Å². The van der Waals surface area contributed by atoms with Crippen molar-refractivity contribution in [2.24, 2.45) is 7.05 Å². The van der Waals surface area contributed by atoms with Crippen LogP contribution in [0, 0.1) is 0 Å². The van der Waals surface area contributed by atoms with E-state index < -0.39 is 18.8 Å². The summed E-state index contributed by atoms with van der Waals surface area (Å²) in [5.41, 5.74) is 2.19. The van der Waals surface area contributed by atoms with Crippen molar-refractivity contribution in [2.45, 2.75) is 26.4 Å². The third-order valence-corrected chi connectivity index (χ3v) is 4.75. The molecular weight excluding hydrogens is 427 g/mol. The van der Waals surface area contributed by atoms with E-state index in [0.717, 1.165) is 5.69 Å². The quantitative estimate of drug-likeness (QED) is 0.486. The fourth-order valence-electron chi connectivity index (χ4n) is 3.29. The van der Waals surface area contributed by atoms with E-state index in [1.165, 1.54) is 11.6 Å². The van der Waals surface area contributed by atoms with Gasteiger partial charge in [0.1, 0.15) is 11.4 Å². The number of methoxy groups -OCH3 is 1. The van der Waals surface area contributed by atoms with E-state index in [0.29, 0.717) is 29.2 Å². The molecule has 0 saturated carbocycles. The zero-order valence-electron chi connectivity index (χ0n) is 18.2. The molecule has 3 aromatic rings. The van der Waals surface area contributed by atoms with Crippen molar-refractivity contribution in [2.75, 3.05) is 25.6 Å². The van der Waals surface area contributed by atoms with Crippen LogP contribution in [0.3, 0.4) is 0 Å². The smallest absolute Gasteiger partial charge is 0.422 e. The van der Waals surface area contributed by atoms with E-state index in [1.807, 2.05) is 6.92 Å². The maximum absolute atomic E-state index is 12.9. The molecule has 7 nitrogen and oxygen atoms in total. The molecule has 1 N–H and O–H groups in total. The first-order valence-electron chi connectivity index (χ1n) is 9.98. The number of carbonyl (C=O) groups is 1. The van der Waals surface area contributed by atoms with Crippen molar-refractivity contribution in [3.8, 4) is 11.5 Å². The van der Waals surface area contributed by atoms with Crippen LogP contribution >= 0.6 is 0 Å². The second-order valence-corrected chi connectivity index (χ2v) is 6.92. The second-order valence-electron chi connectivity index (χ2n) is 6.92. The number of alkyl halides is 3. The fourth-order valence-corrected chi connectivity index (χ4v) is 3.29. The third kappa shape index (κ3) is 4.90. The Labute approximate surface area is 183 Å². The third-order valence-electron chi connectivity index (χ3n) is 4.75. The number of carbonyl (C=O) groups excluding carboxylic acids is 1. The largest absolute Gasteiger partial charge is 0.497 e. The average Bonchev–Trinajstić information content (AvgIpc) is 3.02. The zero-order chi connectivity index (χ0) is 23.5. The molecular formula is C22H24F3N3O4. The minimum atomic E-state index is -4.57. The van der Waals surface area contributed by atoms with Gasteiger partial charge in [0.2, 0.25) is 0 Å². The van der Waals surface area contributed by atoms with Gasteiger partial charge in [0.25, 0.3) is 0 Å². The number of hydrogen-bond acceptors (Lipinski definition) is 6. The lowest BCUT2D eigenvalue weighted by atomic mass is 10.2. The van der Waals surface area contributed by atoms with Crippen LogP contribution < -0.4 is 14.8 Å². The highest BCUT2D eigenvalue weighted by Crippen LogP contribution is 2.37. The number of fused-ring (bicyclic) bond motifs is 1. The summed E-state index contributed by atoms with van der Waals surface area (Å²) in [6.07, 6.45) is -4.03. The summed E-state index contributed by atoms with van der Waals surface area (Å²) < 4.78 is 55.3. The van der Waals surface area contributed by atoms with Gasteiger partial charge in [-0.25, -0.2) is 9.78 Å². The van der Waals surface area contributed by atoms with E-state index in [2.05, 4.69) is 10.3 Å². The molecule has 0 atom stereocenters. The van der Waals surface area contributed by atoms with Gasteiger partial charge in [-0.15, -0.1) is 0 Å². The minimum absolute atomic E-state index is 0.0665. The maximum Gasteiger partial charge on any atom is 0.422 e. The number of halogens is 3. The topological polar surface area (TPSA) is 74.6 Å². The van der Waals surface area contributed by atoms with Gasteiger partial charge in [-0.2, -0.15) is 13.2 Å². The monoisotopic (exact) mass is 451 g/mol. The van der Waals surface area contributed by atoms with Crippen LogP contribution in [-0.4, -0.2) is 42.0 Å². The average molecular weight is 451 g/mol. The lowest BCUT2D eigenvalue weighted by Gasteiger charge is -2.13. The van der Waals surface area contributed by atoms with Crippen molar-refractivity contribution in [1.82, 2.24) is 9.55 Å². The van der Waals surface area contributed by atoms with E-state index >= 15 is 0 Å². The molecule has 1 aromatic carbocycles. The highest BCUT2D eigenvalue weighted by molar-refractivity contribution is 6.01. The predicted octanol–water partition coefficient (Wildman–Crippen LogP) is 5.01. The zero-order valence-corrected chi connectivity index (χ0v) is 18.2. The number of anilines is 2. The molecule has 0 amide bonds. The van der Waals surface area contributed by atoms with Crippen LogP contribution in [0.5, 0.6) is 11.5 Å². The molecule has 0 unspecified atom stereocenters. The summed E-state index contributed by atoms with van der Waals surface area (Å²) in [6.45, 7) is 2.04. The molecule has 2 heterocycles. The Kier molecular flexibility index (Phi) is 6.81. The van der Waals surface area contributed by atoms with Gasteiger partial charge in [0.05, 0.1) is 30.5 Å². The number of ether oxygens (including phenoxy) is 3. The van der Waals surface area contributed by atoms with Crippen LogP contribution in [-0.2, 0) is 18.2 Å². The predicted molar refractivity (Wildman–Crippen MR) is 114 cm³/mol. The molecule has 0 radical (unpaired) electrons. The number of hydrogen-bond donors (Lipinski definition) is 1. The Morgan fingerprint density at radius 2 is 1.88 bits per heavy atom. The molecule has 0 spiro atoms. The summed E-state index contributed by atoms with van der Waals surface area (Å²) in [5, 5.41) is 3.50. The first-order valence-corrected chi connectivity index (χ1v) is 9.98. The number of pyridine rings is 1. The molecule has 32 heavy (non-hydrogen) atoms. The number of esters is 1. The molecule has 172 valence electrons. The number of aryl methyl sites for hydroxylation is 2. The Hall–Kier alpha value is -3.43. The second kappa shape index (κ2) is 9.37. The van der Waals surface area contributed by atoms with Gasteiger partial charge in [0.15, 0.2) is 18.1 Å². The van der Waals surface area contributed by atoms with Gasteiger partial charge in [-0.1, -0.05) is 6.92 Å². The Bertz CT molecular complexity index is 1110. The van der Waals surface area contributed by atoms with Gasteiger partial charge in [-0.3, -0.25) is 0 Å². The number of nitrogens with zero attached hydrogens (tertiary/aromatic N) is 2. The van der Waals surface area contributed by atoms with Crippen LogP contribution in [0.1, 0.15) is 30.0 Å². The Balaban J connectivity index is 2.14. The summed E-state index contributed by atoms with van der Waals surface area (Å²) >= 11 is 0. The number of rotatable bonds is 8. The standard InChI is InChI=1S/C22H24F3N3O4/c1-5-16-17(26-13-7-9-14(30-4)10-8-13)11-15-19(32-12-22(23,24)25)18(21(29)31-6-2)28(3)20(15)27-16/h7-11,26H,5-6,12H2,1-4H3.